The van der Waals surface area contributed by atoms with Crippen LogP contribution in [0.4, 0.5) is 5.69 Å². The van der Waals surface area contributed by atoms with E-state index in [0.717, 1.165) is 18.7 Å². The third kappa shape index (κ3) is 2.82. The lowest BCUT2D eigenvalue weighted by molar-refractivity contribution is 0.0229. The van der Waals surface area contributed by atoms with Gasteiger partial charge in [0.2, 0.25) is 0 Å². The van der Waals surface area contributed by atoms with Crippen LogP contribution in [0.1, 0.15) is 29.8 Å². The maximum absolute atomic E-state index is 12.0. The molecule has 1 amide bonds. The number of carbonyl (C=O) groups excluding carboxylic acids is 1. The van der Waals surface area contributed by atoms with Gasteiger partial charge >= 0.3 is 0 Å². The molecule has 0 spiro atoms. The van der Waals surface area contributed by atoms with Crippen LogP contribution in [0.2, 0.25) is 0 Å². The van der Waals surface area contributed by atoms with E-state index in [1.54, 1.807) is 7.11 Å². The van der Waals surface area contributed by atoms with Crippen LogP contribution in [-0.4, -0.2) is 31.7 Å². The van der Waals surface area contributed by atoms with Crippen LogP contribution < -0.4 is 10.6 Å². The Kier molecular flexibility index (Phi) is 3.57. The molecule has 0 aliphatic carbocycles. The van der Waals surface area contributed by atoms with Gasteiger partial charge in [0.15, 0.2) is 0 Å². The Morgan fingerprint density at radius 2 is 2.28 bits per heavy atom. The SMILES string of the molecule is COC(C)(C)CNC(=O)c1ccc2c(c1)NCC2. The van der Waals surface area contributed by atoms with Crippen molar-refractivity contribution in [2.45, 2.75) is 25.9 Å². The summed E-state index contributed by atoms with van der Waals surface area (Å²) in [6.45, 7) is 5.33. The van der Waals surface area contributed by atoms with Crippen LogP contribution in [0, 0.1) is 0 Å². The molecule has 1 aliphatic rings. The zero-order chi connectivity index (χ0) is 13.2. The summed E-state index contributed by atoms with van der Waals surface area (Å²) in [6.07, 6.45) is 1.04. The molecule has 0 saturated heterocycles. The van der Waals surface area contributed by atoms with Crippen molar-refractivity contribution >= 4 is 11.6 Å². The van der Waals surface area contributed by atoms with Crippen LogP contribution in [0.15, 0.2) is 18.2 Å². The molecule has 1 aliphatic heterocycles. The molecule has 18 heavy (non-hydrogen) atoms. The molecule has 98 valence electrons. The topological polar surface area (TPSA) is 50.4 Å². The van der Waals surface area contributed by atoms with Crippen molar-refractivity contribution in [2.24, 2.45) is 0 Å². The first-order valence-corrected chi connectivity index (χ1v) is 6.22. The van der Waals surface area contributed by atoms with Crippen LogP contribution in [0.3, 0.4) is 0 Å². The number of carbonyl (C=O) groups is 1. The largest absolute Gasteiger partial charge is 0.384 e. The Bertz CT molecular complexity index is 455. The van der Waals surface area contributed by atoms with Gasteiger partial charge in [0.05, 0.1) is 5.60 Å². The minimum atomic E-state index is -0.343. The Balaban J connectivity index is 2.01. The van der Waals surface area contributed by atoms with Crippen LogP contribution >= 0.6 is 0 Å². The Morgan fingerprint density at radius 3 is 3.00 bits per heavy atom. The minimum Gasteiger partial charge on any atom is -0.384 e. The molecule has 0 radical (unpaired) electrons. The molecular formula is C14H20N2O2. The molecule has 0 unspecified atom stereocenters. The Hall–Kier alpha value is -1.55. The zero-order valence-electron chi connectivity index (χ0n) is 11.2. The highest BCUT2D eigenvalue weighted by Gasteiger charge is 2.19. The first kappa shape index (κ1) is 12.9. The van der Waals surface area contributed by atoms with E-state index in [2.05, 4.69) is 10.6 Å². The highest BCUT2D eigenvalue weighted by atomic mass is 16.5. The number of nitrogens with one attached hydrogen (secondary N) is 2. The van der Waals surface area contributed by atoms with Gasteiger partial charge < -0.3 is 15.4 Å². The van der Waals surface area contributed by atoms with Gasteiger partial charge in [0, 0.05) is 31.5 Å². The molecule has 2 N–H and O–H groups in total. The first-order valence-electron chi connectivity index (χ1n) is 6.22. The van der Waals surface area contributed by atoms with E-state index in [4.69, 9.17) is 4.74 Å². The molecular weight excluding hydrogens is 228 g/mol. The predicted octanol–water partition coefficient (Wildman–Crippen LogP) is 1.81. The minimum absolute atomic E-state index is 0.0587. The van der Waals surface area contributed by atoms with Crippen molar-refractivity contribution in [1.29, 1.82) is 0 Å². The summed E-state index contributed by atoms with van der Waals surface area (Å²) in [7, 11) is 1.64. The molecule has 0 fully saturated rings. The van der Waals surface area contributed by atoms with Crippen LogP contribution in [0.5, 0.6) is 0 Å². The van der Waals surface area contributed by atoms with Crippen LogP contribution in [-0.2, 0) is 11.2 Å². The van der Waals surface area contributed by atoms with Gasteiger partial charge in [-0.15, -0.1) is 0 Å². The van der Waals surface area contributed by atoms with Gasteiger partial charge in [-0.25, -0.2) is 0 Å². The van der Waals surface area contributed by atoms with E-state index in [-0.39, 0.29) is 11.5 Å². The molecule has 0 atom stereocenters. The number of amides is 1. The Labute approximate surface area is 108 Å². The summed E-state index contributed by atoms with van der Waals surface area (Å²) < 4.78 is 5.27. The molecule has 0 saturated carbocycles. The van der Waals surface area contributed by atoms with Crippen molar-refractivity contribution < 1.29 is 9.53 Å². The number of ether oxygens (including phenoxy) is 1. The summed E-state index contributed by atoms with van der Waals surface area (Å²) in [6, 6.07) is 5.81. The smallest absolute Gasteiger partial charge is 0.251 e. The van der Waals surface area contributed by atoms with Crippen LogP contribution in [0.25, 0.3) is 0 Å². The predicted molar refractivity (Wildman–Crippen MR) is 72.1 cm³/mol. The van der Waals surface area contributed by atoms with Gasteiger partial charge in [-0.3, -0.25) is 4.79 Å². The monoisotopic (exact) mass is 248 g/mol. The normalized spacial score (nSPS) is 13.9. The van der Waals surface area contributed by atoms with E-state index in [0.29, 0.717) is 12.1 Å². The molecule has 1 aromatic carbocycles. The molecule has 1 aromatic rings. The third-order valence-corrected chi connectivity index (χ3v) is 3.31. The highest BCUT2D eigenvalue weighted by molar-refractivity contribution is 5.95. The lowest BCUT2D eigenvalue weighted by Gasteiger charge is -2.23. The fourth-order valence-corrected chi connectivity index (χ4v) is 1.90. The quantitative estimate of drug-likeness (QED) is 0.854. The standard InChI is InChI=1S/C14H20N2O2/c1-14(2,18-3)9-16-13(17)11-5-4-10-6-7-15-12(10)8-11/h4-5,8,15H,6-7,9H2,1-3H3,(H,16,17). The van der Waals surface area contributed by atoms with E-state index in [1.165, 1.54) is 5.56 Å². The summed E-state index contributed by atoms with van der Waals surface area (Å²) in [4.78, 5) is 12.0. The number of methoxy groups -OCH3 is 1. The molecule has 0 bridgehead atoms. The van der Waals surface area contributed by atoms with E-state index >= 15 is 0 Å². The van der Waals surface area contributed by atoms with Gasteiger partial charge in [0.25, 0.3) is 5.91 Å². The summed E-state index contributed by atoms with van der Waals surface area (Å²) in [5.74, 6) is -0.0587. The second-order valence-electron chi connectivity index (χ2n) is 5.20. The molecule has 1 heterocycles. The maximum Gasteiger partial charge on any atom is 0.251 e. The number of rotatable bonds is 4. The molecule has 4 heteroatoms. The first-order chi connectivity index (χ1) is 8.52. The number of hydrogen-bond acceptors (Lipinski definition) is 3. The highest BCUT2D eigenvalue weighted by Crippen LogP contribution is 2.23. The number of benzene rings is 1. The van der Waals surface area contributed by atoms with Crippen molar-refractivity contribution in [1.82, 2.24) is 5.32 Å². The van der Waals surface area contributed by atoms with Gasteiger partial charge in [-0.1, -0.05) is 6.07 Å². The number of fused-ring (bicyclic) bond motifs is 1. The van der Waals surface area contributed by atoms with E-state index in [9.17, 15) is 4.79 Å². The number of hydrogen-bond donors (Lipinski definition) is 2. The lowest BCUT2D eigenvalue weighted by Crippen LogP contribution is -2.39. The number of anilines is 1. The maximum atomic E-state index is 12.0. The Morgan fingerprint density at radius 1 is 1.50 bits per heavy atom. The zero-order valence-corrected chi connectivity index (χ0v) is 11.2. The van der Waals surface area contributed by atoms with E-state index in [1.807, 2.05) is 32.0 Å². The summed E-state index contributed by atoms with van der Waals surface area (Å²) in [5.41, 5.74) is 2.71. The van der Waals surface area contributed by atoms with Gasteiger partial charge in [0.1, 0.15) is 0 Å². The van der Waals surface area contributed by atoms with Crippen molar-refractivity contribution in [2.75, 3.05) is 25.5 Å². The average Bonchev–Trinajstić information content (AvgIpc) is 2.83. The molecule has 0 aromatic heterocycles. The van der Waals surface area contributed by atoms with Crippen molar-refractivity contribution in [3.8, 4) is 0 Å². The fourth-order valence-electron chi connectivity index (χ4n) is 1.90. The fraction of sp³-hybridized carbons (Fsp3) is 0.500. The molecule has 2 rings (SSSR count). The van der Waals surface area contributed by atoms with Crippen molar-refractivity contribution in [3.05, 3.63) is 29.3 Å². The van der Waals surface area contributed by atoms with Gasteiger partial charge in [-0.05, 0) is 38.0 Å². The average molecular weight is 248 g/mol. The van der Waals surface area contributed by atoms with Gasteiger partial charge in [-0.2, -0.15) is 0 Å². The van der Waals surface area contributed by atoms with Crippen molar-refractivity contribution in [3.63, 3.8) is 0 Å². The second-order valence-corrected chi connectivity index (χ2v) is 5.20. The second kappa shape index (κ2) is 4.98. The summed E-state index contributed by atoms with van der Waals surface area (Å²) >= 11 is 0. The van der Waals surface area contributed by atoms with E-state index < -0.39 is 0 Å². The lowest BCUT2D eigenvalue weighted by atomic mass is 10.1. The third-order valence-electron chi connectivity index (χ3n) is 3.31. The molecule has 4 nitrogen and oxygen atoms in total. The summed E-state index contributed by atoms with van der Waals surface area (Å²) in [5, 5.41) is 6.16.